The highest BCUT2D eigenvalue weighted by Gasteiger charge is 2.52. The number of nitro groups is 1. The highest BCUT2D eigenvalue weighted by molar-refractivity contribution is 6.62. The lowest BCUT2D eigenvalue weighted by molar-refractivity contribution is -0.384. The number of hydrogen-bond acceptors (Lipinski definition) is 6. The second-order valence-corrected chi connectivity index (χ2v) is 6.89. The minimum absolute atomic E-state index is 0.0267. The Morgan fingerprint density at radius 3 is 2.44 bits per heavy atom. The molecule has 8 heteroatoms. The summed E-state index contributed by atoms with van der Waals surface area (Å²) in [7, 11) is -0.695. The maximum absolute atomic E-state index is 11.0. The van der Waals surface area contributed by atoms with Crippen LogP contribution < -0.4 is 5.73 Å². The number of allylic oxidation sites excluding steroid dienone is 1. The van der Waals surface area contributed by atoms with Gasteiger partial charge in [0, 0.05) is 41.6 Å². The van der Waals surface area contributed by atoms with Gasteiger partial charge in [0.15, 0.2) is 0 Å². The third kappa shape index (κ3) is 3.91. The normalized spacial score (nSPS) is 20.0. The zero-order valence-electron chi connectivity index (χ0n) is 15.3. The van der Waals surface area contributed by atoms with Gasteiger partial charge in [-0.1, -0.05) is 12.1 Å². The molecule has 2 N–H and O–H groups in total. The van der Waals surface area contributed by atoms with Gasteiger partial charge in [-0.2, -0.15) is 0 Å². The molecule has 1 saturated heterocycles. The maximum Gasteiger partial charge on any atom is 0.498 e. The number of rotatable bonds is 5. The molecule has 1 fully saturated rings. The van der Waals surface area contributed by atoms with Gasteiger partial charge in [-0.15, -0.1) is 0 Å². The Morgan fingerprint density at radius 1 is 1.32 bits per heavy atom. The van der Waals surface area contributed by atoms with Crippen LogP contribution in [0, 0.1) is 10.1 Å². The topological polar surface area (TPSA) is 100.0 Å². The van der Waals surface area contributed by atoms with Crippen molar-refractivity contribution in [1.29, 1.82) is 0 Å². The van der Waals surface area contributed by atoms with Gasteiger partial charge in [0.1, 0.15) is 0 Å². The summed E-state index contributed by atoms with van der Waals surface area (Å²) in [6.45, 7) is 10.3. The van der Waals surface area contributed by atoms with Crippen LogP contribution in [0.1, 0.15) is 40.2 Å². The summed E-state index contributed by atoms with van der Waals surface area (Å²) in [4.78, 5) is 14.8. The van der Waals surface area contributed by atoms with Crippen molar-refractivity contribution in [1.82, 2.24) is 0 Å². The lowest BCUT2D eigenvalue weighted by atomic mass is 9.76. The van der Waals surface area contributed by atoms with Gasteiger partial charge in [0.2, 0.25) is 0 Å². The molecule has 0 spiro atoms. The van der Waals surface area contributed by atoms with Crippen LogP contribution in [-0.4, -0.2) is 36.0 Å². The van der Waals surface area contributed by atoms with E-state index < -0.39 is 23.2 Å². The van der Waals surface area contributed by atoms with Crippen molar-refractivity contribution >= 4 is 24.7 Å². The lowest BCUT2D eigenvalue weighted by Crippen LogP contribution is -2.41. The Balaban J connectivity index is 2.50. The van der Waals surface area contributed by atoms with Crippen molar-refractivity contribution in [3.05, 3.63) is 45.4 Å². The summed E-state index contributed by atoms with van der Waals surface area (Å²) in [5.74, 6) is 0. The van der Waals surface area contributed by atoms with E-state index in [0.717, 1.165) is 0 Å². The van der Waals surface area contributed by atoms with Gasteiger partial charge >= 0.3 is 7.12 Å². The minimum atomic E-state index is -0.695. The fourth-order valence-electron chi connectivity index (χ4n) is 2.37. The van der Waals surface area contributed by atoms with Crippen molar-refractivity contribution in [3.63, 3.8) is 0 Å². The van der Waals surface area contributed by atoms with Crippen molar-refractivity contribution in [3.8, 4) is 0 Å². The molecule has 1 heterocycles. The molecule has 0 unspecified atom stereocenters. The second-order valence-electron chi connectivity index (χ2n) is 6.89. The molecule has 134 valence electrons. The molecule has 0 amide bonds. The van der Waals surface area contributed by atoms with Crippen LogP contribution in [0.2, 0.25) is 0 Å². The fraction of sp³-hybridized carbons (Fsp3) is 0.471. The molecular weight excluding hydrogens is 321 g/mol. The first-order valence-electron chi connectivity index (χ1n) is 8.19. The molecule has 0 atom stereocenters. The average Bonchev–Trinajstić information content (AvgIpc) is 2.75. The second kappa shape index (κ2) is 6.97. The molecular formula is C17H24BN3O4. The Hall–Kier alpha value is -2.19. The van der Waals surface area contributed by atoms with Gasteiger partial charge in [0.05, 0.1) is 16.1 Å². The van der Waals surface area contributed by atoms with E-state index in [1.807, 2.05) is 34.6 Å². The molecule has 1 aromatic rings. The molecule has 0 saturated carbocycles. The van der Waals surface area contributed by atoms with E-state index in [1.54, 1.807) is 18.3 Å². The first kappa shape index (κ1) is 19.1. The number of non-ortho nitro benzene ring substituents is 1. The smallest absolute Gasteiger partial charge is 0.399 e. The van der Waals surface area contributed by atoms with Crippen LogP contribution in [0.5, 0.6) is 0 Å². The van der Waals surface area contributed by atoms with Crippen LogP contribution in [0.3, 0.4) is 0 Å². The summed E-state index contributed by atoms with van der Waals surface area (Å²) in [6, 6.07) is 6.16. The fourth-order valence-corrected chi connectivity index (χ4v) is 2.37. The summed E-state index contributed by atoms with van der Waals surface area (Å²) >= 11 is 0. The van der Waals surface area contributed by atoms with Gasteiger partial charge in [-0.05, 0) is 34.6 Å². The molecule has 0 aromatic heterocycles. The van der Waals surface area contributed by atoms with E-state index in [9.17, 15) is 10.1 Å². The average molecular weight is 345 g/mol. The molecule has 1 aliphatic heterocycles. The quantitative estimate of drug-likeness (QED) is 0.383. The van der Waals surface area contributed by atoms with Gasteiger partial charge in [-0.25, -0.2) is 0 Å². The number of benzene rings is 1. The van der Waals surface area contributed by atoms with E-state index in [0.29, 0.717) is 23.3 Å². The third-order valence-electron chi connectivity index (χ3n) is 4.60. The monoisotopic (exact) mass is 345 g/mol. The molecule has 2 rings (SSSR count). The lowest BCUT2D eigenvalue weighted by Gasteiger charge is -2.32. The SMILES string of the molecule is CCN=CC(B1OC(C)(C)C(C)(C)O1)=C(N)c1cccc([N+](=O)[O-])c1. The van der Waals surface area contributed by atoms with E-state index in [-0.39, 0.29) is 5.69 Å². The molecule has 25 heavy (non-hydrogen) atoms. The minimum Gasteiger partial charge on any atom is -0.399 e. The zero-order chi connectivity index (χ0) is 18.8. The Morgan fingerprint density at radius 2 is 1.92 bits per heavy atom. The van der Waals surface area contributed by atoms with Crippen molar-refractivity contribution in [2.24, 2.45) is 10.7 Å². The van der Waals surface area contributed by atoms with E-state index in [1.165, 1.54) is 12.1 Å². The molecule has 0 radical (unpaired) electrons. The van der Waals surface area contributed by atoms with Crippen LogP contribution in [0.25, 0.3) is 5.70 Å². The highest BCUT2D eigenvalue weighted by atomic mass is 16.7. The molecule has 1 aliphatic rings. The van der Waals surface area contributed by atoms with E-state index in [4.69, 9.17) is 15.0 Å². The molecule has 1 aromatic carbocycles. The molecule has 7 nitrogen and oxygen atoms in total. The first-order chi connectivity index (χ1) is 11.6. The summed E-state index contributed by atoms with van der Waals surface area (Å²) < 4.78 is 12.1. The summed E-state index contributed by atoms with van der Waals surface area (Å²) in [5, 5.41) is 11.0. The van der Waals surface area contributed by atoms with Gasteiger partial charge < -0.3 is 15.0 Å². The maximum atomic E-state index is 11.0. The standard InChI is InChI=1S/C17H24BN3O4/c1-6-20-11-14(18-24-16(2,3)17(4,5)25-18)15(19)12-8-7-9-13(10-12)21(22)23/h7-11H,6,19H2,1-5H3. The highest BCUT2D eigenvalue weighted by Crippen LogP contribution is 2.39. The predicted molar refractivity (Wildman–Crippen MR) is 99.3 cm³/mol. The van der Waals surface area contributed by atoms with Crippen molar-refractivity contribution in [2.75, 3.05) is 6.54 Å². The Bertz CT molecular complexity index is 712. The van der Waals surface area contributed by atoms with Crippen LogP contribution >= 0.6 is 0 Å². The van der Waals surface area contributed by atoms with Crippen LogP contribution in [0.15, 0.2) is 34.7 Å². The Kier molecular flexibility index (Phi) is 5.34. The molecule has 0 aliphatic carbocycles. The first-order valence-corrected chi connectivity index (χ1v) is 8.19. The number of nitro benzene ring substituents is 1. The van der Waals surface area contributed by atoms with E-state index >= 15 is 0 Å². The zero-order valence-corrected chi connectivity index (χ0v) is 15.3. The predicted octanol–water partition coefficient (Wildman–Crippen LogP) is 2.99. The number of aliphatic imine (C=N–C) groups is 1. The number of hydrogen-bond donors (Lipinski definition) is 1. The Labute approximate surface area is 148 Å². The molecule has 0 bridgehead atoms. The van der Waals surface area contributed by atoms with E-state index in [2.05, 4.69) is 4.99 Å². The summed E-state index contributed by atoms with van der Waals surface area (Å²) in [5.41, 5.74) is 6.67. The summed E-state index contributed by atoms with van der Waals surface area (Å²) in [6.07, 6.45) is 1.62. The van der Waals surface area contributed by atoms with Crippen LogP contribution in [0.4, 0.5) is 5.69 Å². The third-order valence-corrected chi connectivity index (χ3v) is 4.60. The number of nitrogens with two attached hydrogens (primary N) is 1. The van der Waals surface area contributed by atoms with Crippen LogP contribution in [-0.2, 0) is 9.31 Å². The van der Waals surface area contributed by atoms with Gasteiger partial charge in [-0.3, -0.25) is 15.1 Å². The van der Waals surface area contributed by atoms with Crippen molar-refractivity contribution in [2.45, 2.75) is 45.8 Å². The van der Waals surface area contributed by atoms with Gasteiger partial charge in [0.25, 0.3) is 5.69 Å². The number of nitrogens with zero attached hydrogens (tertiary/aromatic N) is 2. The van der Waals surface area contributed by atoms with Crippen molar-refractivity contribution < 1.29 is 14.2 Å². The largest absolute Gasteiger partial charge is 0.498 e.